The number of rotatable bonds is 2. The molecule has 0 aromatic heterocycles. The fourth-order valence-corrected chi connectivity index (χ4v) is 1.97. The Labute approximate surface area is 175 Å². The highest BCUT2D eigenvalue weighted by Gasteiger charge is 2.31. The standard InChI is InChI=1S/C8H6F2N2O2.C8H3F2NO2.H2O4S/c9-5-2-1-3-6(8(5)10)12-7(13)4-11-14;9-4-2-1-3-6(5(4)10)11-8(13)7(3)12;1-5(2,3)4/h1-4,14H,(H,12,13);1-2H,(H,11,12,13);(H2,1,2,3,4)/b11-4+;;. The Morgan fingerprint density at radius 2 is 1.56 bits per heavy atom. The highest BCUT2D eigenvalue weighted by molar-refractivity contribution is 7.79. The molecule has 11 nitrogen and oxygen atoms in total. The van der Waals surface area contributed by atoms with Crippen LogP contribution < -0.4 is 10.6 Å². The van der Waals surface area contributed by atoms with E-state index in [1.54, 1.807) is 0 Å². The number of anilines is 2. The third kappa shape index (κ3) is 7.74. The van der Waals surface area contributed by atoms with Gasteiger partial charge < -0.3 is 15.8 Å². The molecule has 172 valence electrons. The number of ketones is 1. The quantitative estimate of drug-likeness (QED) is 0.107. The second-order valence-electron chi connectivity index (χ2n) is 5.35. The van der Waals surface area contributed by atoms with Crippen molar-refractivity contribution in [2.75, 3.05) is 10.6 Å². The van der Waals surface area contributed by atoms with Gasteiger partial charge in [0.25, 0.3) is 17.6 Å². The highest BCUT2D eigenvalue weighted by Crippen LogP contribution is 2.27. The maximum absolute atomic E-state index is 12.9. The average Bonchev–Trinajstić information content (AvgIpc) is 2.97. The van der Waals surface area contributed by atoms with E-state index in [4.69, 9.17) is 22.7 Å². The molecule has 0 saturated heterocycles. The molecule has 32 heavy (non-hydrogen) atoms. The van der Waals surface area contributed by atoms with Crippen LogP contribution in [0.4, 0.5) is 28.9 Å². The molecule has 2 amide bonds. The van der Waals surface area contributed by atoms with Crippen molar-refractivity contribution in [2.45, 2.75) is 0 Å². The lowest BCUT2D eigenvalue weighted by Crippen LogP contribution is -2.14. The molecule has 0 unspecified atom stereocenters. The first kappa shape index (κ1) is 26.1. The van der Waals surface area contributed by atoms with Gasteiger partial charge in [0.2, 0.25) is 0 Å². The van der Waals surface area contributed by atoms with Crippen molar-refractivity contribution >= 4 is 45.6 Å². The van der Waals surface area contributed by atoms with Crippen molar-refractivity contribution in [1.29, 1.82) is 0 Å². The molecule has 2 aromatic rings. The van der Waals surface area contributed by atoms with Crippen molar-refractivity contribution in [3.63, 3.8) is 0 Å². The minimum atomic E-state index is -4.67. The van der Waals surface area contributed by atoms with Crippen LogP contribution in [0.25, 0.3) is 0 Å². The molecule has 5 N–H and O–H groups in total. The summed E-state index contributed by atoms with van der Waals surface area (Å²) in [5, 5.41) is 14.4. The van der Waals surface area contributed by atoms with Crippen LogP contribution >= 0.6 is 0 Å². The Morgan fingerprint density at radius 3 is 2.12 bits per heavy atom. The number of oxime groups is 1. The number of carbonyl (C=O) groups is 3. The lowest BCUT2D eigenvalue weighted by atomic mass is 10.1. The third-order valence-corrected chi connectivity index (χ3v) is 3.17. The van der Waals surface area contributed by atoms with Crippen molar-refractivity contribution in [3.05, 3.63) is 59.2 Å². The molecule has 16 heteroatoms. The number of nitrogens with one attached hydrogen (secondary N) is 2. The lowest BCUT2D eigenvalue weighted by molar-refractivity contribution is -0.112. The predicted octanol–water partition coefficient (Wildman–Crippen LogP) is 1.81. The molecule has 0 radical (unpaired) electrons. The average molecular weight is 481 g/mol. The molecule has 0 atom stereocenters. The number of halogens is 4. The normalized spacial score (nSPS) is 12.2. The molecule has 3 rings (SSSR count). The van der Waals surface area contributed by atoms with Crippen LogP contribution in [0, 0.1) is 23.3 Å². The maximum atomic E-state index is 12.9. The zero-order valence-corrected chi connectivity index (χ0v) is 16.0. The number of hydrogen-bond donors (Lipinski definition) is 5. The van der Waals surface area contributed by atoms with Crippen molar-refractivity contribution in [2.24, 2.45) is 5.16 Å². The Balaban J connectivity index is 0.000000266. The van der Waals surface area contributed by atoms with E-state index in [2.05, 4.69) is 5.16 Å². The summed E-state index contributed by atoms with van der Waals surface area (Å²) < 4.78 is 82.6. The maximum Gasteiger partial charge on any atom is 0.394 e. The summed E-state index contributed by atoms with van der Waals surface area (Å²) in [6.45, 7) is 0. The zero-order chi connectivity index (χ0) is 24.6. The van der Waals surface area contributed by atoms with Gasteiger partial charge in [0.1, 0.15) is 6.21 Å². The molecule has 0 saturated carbocycles. The predicted molar refractivity (Wildman–Crippen MR) is 98.8 cm³/mol. The first-order valence-electron chi connectivity index (χ1n) is 7.72. The Kier molecular flexibility index (Phi) is 8.94. The van der Waals surface area contributed by atoms with E-state index in [1.165, 1.54) is 12.1 Å². The first-order valence-corrected chi connectivity index (χ1v) is 9.12. The van der Waals surface area contributed by atoms with Gasteiger partial charge in [-0.1, -0.05) is 11.2 Å². The van der Waals surface area contributed by atoms with Gasteiger partial charge in [-0.25, -0.2) is 17.6 Å². The van der Waals surface area contributed by atoms with Gasteiger partial charge >= 0.3 is 10.4 Å². The summed E-state index contributed by atoms with van der Waals surface area (Å²) in [7, 11) is -4.67. The molecular formula is C16H11F4N3O8S. The number of Topliss-reactive ketones (excluding diaryl/α,β-unsaturated/α-hetero) is 1. The molecule has 1 heterocycles. The number of amides is 2. The monoisotopic (exact) mass is 481 g/mol. The van der Waals surface area contributed by atoms with E-state index in [9.17, 15) is 31.9 Å². The van der Waals surface area contributed by atoms with Crippen molar-refractivity contribution in [1.82, 2.24) is 0 Å². The van der Waals surface area contributed by atoms with E-state index in [1.807, 2.05) is 10.6 Å². The number of fused-ring (bicyclic) bond motifs is 1. The second-order valence-corrected chi connectivity index (χ2v) is 6.25. The molecule has 0 fully saturated rings. The number of hydrogen-bond acceptors (Lipinski definition) is 7. The molecule has 0 aliphatic carbocycles. The van der Waals surface area contributed by atoms with Gasteiger partial charge in [-0.05, 0) is 24.3 Å². The molecule has 0 bridgehead atoms. The van der Waals surface area contributed by atoms with Crippen LogP contribution in [-0.2, 0) is 20.0 Å². The first-order chi connectivity index (χ1) is 14.8. The third-order valence-electron chi connectivity index (χ3n) is 3.17. The number of benzene rings is 2. The van der Waals surface area contributed by atoms with Gasteiger partial charge in [0.05, 0.1) is 16.9 Å². The second kappa shape index (κ2) is 10.9. The summed E-state index contributed by atoms with van der Waals surface area (Å²) in [6, 6.07) is 5.23. The Morgan fingerprint density at radius 1 is 1.00 bits per heavy atom. The van der Waals surface area contributed by atoms with E-state index in [-0.39, 0.29) is 16.9 Å². The molecular weight excluding hydrogens is 470 g/mol. The van der Waals surface area contributed by atoms with E-state index in [0.717, 1.165) is 18.2 Å². The molecule has 0 spiro atoms. The molecule has 1 aliphatic rings. The highest BCUT2D eigenvalue weighted by atomic mass is 32.3. The van der Waals surface area contributed by atoms with Crippen LogP contribution in [0.5, 0.6) is 0 Å². The van der Waals surface area contributed by atoms with Gasteiger partial charge in [0, 0.05) is 0 Å². The fraction of sp³-hybridized carbons (Fsp3) is 0. The van der Waals surface area contributed by atoms with Crippen LogP contribution in [-0.4, -0.2) is 46.5 Å². The SMILES string of the molecule is O=C(/C=N/O)Nc1cccc(F)c1F.O=C1Nc2c(ccc(F)c2F)C1=O.O=S(=O)(O)O. The summed E-state index contributed by atoms with van der Waals surface area (Å²) in [6.07, 6.45) is 0.532. The minimum absolute atomic E-state index is 0.121. The van der Waals surface area contributed by atoms with E-state index >= 15 is 0 Å². The number of nitrogens with zero attached hydrogens (tertiary/aromatic N) is 1. The van der Waals surface area contributed by atoms with Crippen molar-refractivity contribution < 1.29 is 54.7 Å². The molecule has 2 aromatic carbocycles. The summed E-state index contributed by atoms with van der Waals surface area (Å²) in [4.78, 5) is 32.5. The van der Waals surface area contributed by atoms with E-state index in [0.29, 0.717) is 6.21 Å². The fourth-order valence-electron chi connectivity index (χ4n) is 1.97. The Bertz CT molecular complexity index is 1180. The summed E-state index contributed by atoms with van der Waals surface area (Å²) >= 11 is 0. The van der Waals surface area contributed by atoms with Gasteiger partial charge in [-0.3, -0.25) is 23.5 Å². The minimum Gasteiger partial charge on any atom is -0.411 e. The summed E-state index contributed by atoms with van der Waals surface area (Å²) in [5.74, 6) is -7.13. The van der Waals surface area contributed by atoms with E-state index < -0.39 is 51.3 Å². The van der Waals surface area contributed by atoms with Crippen molar-refractivity contribution in [3.8, 4) is 0 Å². The lowest BCUT2D eigenvalue weighted by Gasteiger charge is -2.02. The van der Waals surface area contributed by atoms with Gasteiger partial charge in [-0.2, -0.15) is 8.42 Å². The van der Waals surface area contributed by atoms with Gasteiger partial charge in [-0.15, -0.1) is 0 Å². The summed E-state index contributed by atoms with van der Waals surface area (Å²) in [5.41, 5.74) is -0.797. The van der Waals surface area contributed by atoms with Crippen LogP contribution in [0.1, 0.15) is 10.4 Å². The Hall–Kier alpha value is -3.89. The van der Waals surface area contributed by atoms with Crippen LogP contribution in [0.15, 0.2) is 35.5 Å². The smallest absolute Gasteiger partial charge is 0.394 e. The van der Waals surface area contributed by atoms with Crippen LogP contribution in [0.2, 0.25) is 0 Å². The topological polar surface area (TPSA) is 182 Å². The molecule has 1 aliphatic heterocycles. The largest absolute Gasteiger partial charge is 0.411 e. The number of carbonyl (C=O) groups excluding carboxylic acids is 3. The van der Waals surface area contributed by atoms with Gasteiger partial charge in [0.15, 0.2) is 23.3 Å². The van der Waals surface area contributed by atoms with Crippen LogP contribution in [0.3, 0.4) is 0 Å². The zero-order valence-electron chi connectivity index (χ0n) is 15.2.